The Bertz CT molecular complexity index is 1260. The molecule has 0 bridgehead atoms. The van der Waals surface area contributed by atoms with E-state index < -0.39 is 5.54 Å². The van der Waals surface area contributed by atoms with Gasteiger partial charge in [0.2, 0.25) is 0 Å². The van der Waals surface area contributed by atoms with Gasteiger partial charge in [0.1, 0.15) is 0 Å². The molecule has 43 heavy (non-hydrogen) atoms. The fourth-order valence-corrected chi connectivity index (χ4v) is 10.7. The number of hydrogen-bond acceptors (Lipinski definition) is 2. The average Bonchev–Trinajstić information content (AvgIpc) is 3.34. The highest BCUT2D eigenvalue weighted by Gasteiger charge is 2.59. The highest BCUT2D eigenvalue weighted by molar-refractivity contribution is 6.02. The van der Waals surface area contributed by atoms with E-state index in [1.165, 1.54) is 43.2 Å². The number of hydrogen-bond donors (Lipinski definition) is 1. The van der Waals surface area contributed by atoms with E-state index in [2.05, 4.69) is 91.0 Å². The van der Waals surface area contributed by atoms with Gasteiger partial charge >= 0.3 is 6.03 Å². The Labute approximate surface area is 261 Å². The van der Waals surface area contributed by atoms with Gasteiger partial charge in [0, 0.05) is 11.5 Å². The number of carbonyl (C=O) groups is 2. The Morgan fingerprint density at radius 3 is 2.14 bits per heavy atom. The topological polar surface area (TPSA) is 49.4 Å². The van der Waals surface area contributed by atoms with Crippen molar-refractivity contribution in [2.45, 2.75) is 143 Å². The molecule has 0 spiro atoms. The molecule has 1 aromatic carbocycles. The molecule has 6 atom stereocenters. The molecular formula is C39H58N2O2. The number of benzene rings is 1. The van der Waals surface area contributed by atoms with Crippen molar-refractivity contribution in [1.82, 2.24) is 10.2 Å². The number of rotatable bonds is 2. The predicted octanol–water partition coefficient (Wildman–Crippen LogP) is 9.53. The molecule has 1 heterocycles. The van der Waals surface area contributed by atoms with E-state index in [-0.39, 0.29) is 34.2 Å². The van der Waals surface area contributed by atoms with Crippen molar-refractivity contribution in [2.75, 3.05) is 0 Å². The highest BCUT2D eigenvalue weighted by atomic mass is 16.2. The minimum Gasteiger partial charge on any atom is -0.328 e. The van der Waals surface area contributed by atoms with Crippen LogP contribution in [0.1, 0.15) is 137 Å². The molecule has 4 heteroatoms. The van der Waals surface area contributed by atoms with Crippen LogP contribution in [-0.2, 0) is 15.7 Å². The summed E-state index contributed by atoms with van der Waals surface area (Å²) < 4.78 is 0. The van der Waals surface area contributed by atoms with E-state index in [0.29, 0.717) is 23.2 Å². The number of nitrogens with one attached hydrogen (secondary N) is 1. The van der Waals surface area contributed by atoms with Gasteiger partial charge in [-0.3, -0.25) is 9.69 Å². The van der Waals surface area contributed by atoms with Crippen LogP contribution in [0.5, 0.6) is 0 Å². The Kier molecular flexibility index (Phi) is 7.53. The van der Waals surface area contributed by atoms with Gasteiger partial charge in [-0.15, -0.1) is 0 Å². The first kappa shape index (κ1) is 30.9. The van der Waals surface area contributed by atoms with Crippen molar-refractivity contribution in [3.8, 4) is 0 Å². The molecule has 5 aliphatic rings. The van der Waals surface area contributed by atoms with Crippen molar-refractivity contribution < 1.29 is 9.59 Å². The van der Waals surface area contributed by atoms with Crippen LogP contribution in [0.3, 0.4) is 0 Å². The second kappa shape index (κ2) is 10.5. The fourth-order valence-electron chi connectivity index (χ4n) is 10.7. The van der Waals surface area contributed by atoms with Crippen molar-refractivity contribution in [1.29, 1.82) is 0 Å². The SMILES string of the molecule is CC(C)(C)c1ccc(C2(NC(=O)N3C(=O)C=C[C@]4(C)[C@H]5CC[C@]6(C)CCC[C@H]6[C@@H]5CC[C@@H]34)CCC(C(C)(C)C)CC2)cc1. The third kappa shape index (κ3) is 5.21. The van der Waals surface area contributed by atoms with Gasteiger partial charge in [-0.25, -0.2) is 4.79 Å². The lowest BCUT2D eigenvalue weighted by molar-refractivity contribution is -0.135. The number of amides is 3. The number of fused-ring (bicyclic) bond motifs is 5. The van der Waals surface area contributed by atoms with Crippen LogP contribution < -0.4 is 5.32 Å². The van der Waals surface area contributed by atoms with Crippen molar-refractivity contribution in [3.05, 3.63) is 47.5 Å². The molecule has 4 saturated carbocycles. The van der Waals surface area contributed by atoms with Crippen LogP contribution in [0.25, 0.3) is 0 Å². The first-order chi connectivity index (χ1) is 20.1. The molecule has 236 valence electrons. The molecule has 6 rings (SSSR count). The van der Waals surface area contributed by atoms with Gasteiger partial charge < -0.3 is 5.32 Å². The molecule has 1 N–H and O–H groups in total. The number of urea groups is 1. The largest absolute Gasteiger partial charge is 0.328 e. The molecule has 4 fully saturated rings. The maximum Gasteiger partial charge on any atom is 0.325 e. The van der Waals surface area contributed by atoms with E-state index in [0.717, 1.165) is 44.4 Å². The first-order valence-electron chi connectivity index (χ1n) is 17.5. The molecule has 0 aromatic heterocycles. The van der Waals surface area contributed by atoms with Crippen molar-refractivity contribution in [3.63, 3.8) is 0 Å². The molecule has 0 saturated heterocycles. The minimum absolute atomic E-state index is 0.0664. The predicted molar refractivity (Wildman–Crippen MR) is 176 cm³/mol. The molecule has 3 amide bonds. The van der Waals surface area contributed by atoms with E-state index in [4.69, 9.17) is 0 Å². The summed E-state index contributed by atoms with van der Waals surface area (Å²) in [4.78, 5) is 29.8. The number of carbonyl (C=O) groups excluding carboxylic acids is 2. The van der Waals surface area contributed by atoms with E-state index in [9.17, 15) is 9.59 Å². The minimum atomic E-state index is -0.458. The average molecular weight is 587 g/mol. The summed E-state index contributed by atoms with van der Waals surface area (Å²) in [6.45, 7) is 18.7. The molecule has 1 aromatic rings. The molecule has 0 radical (unpaired) electrons. The third-order valence-corrected chi connectivity index (χ3v) is 13.6. The van der Waals surface area contributed by atoms with Gasteiger partial charge in [0.25, 0.3) is 5.91 Å². The molecular weight excluding hydrogens is 528 g/mol. The van der Waals surface area contributed by atoms with Crippen LogP contribution in [-0.4, -0.2) is 22.9 Å². The summed E-state index contributed by atoms with van der Waals surface area (Å²) in [5.41, 5.74) is 2.69. The maximum absolute atomic E-state index is 14.5. The normalized spacial score (nSPS) is 39.6. The zero-order valence-corrected chi connectivity index (χ0v) is 28.4. The van der Waals surface area contributed by atoms with Crippen LogP contribution in [0.15, 0.2) is 36.4 Å². The van der Waals surface area contributed by atoms with Gasteiger partial charge in [0.15, 0.2) is 0 Å². The second-order valence-corrected chi connectivity index (χ2v) is 17.9. The lowest BCUT2D eigenvalue weighted by Gasteiger charge is -2.59. The number of nitrogens with zero attached hydrogens (tertiary/aromatic N) is 1. The molecule has 1 aliphatic heterocycles. The van der Waals surface area contributed by atoms with E-state index >= 15 is 0 Å². The quantitative estimate of drug-likeness (QED) is 0.375. The maximum atomic E-state index is 14.5. The molecule has 4 nitrogen and oxygen atoms in total. The summed E-state index contributed by atoms with van der Waals surface area (Å²) in [5.74, 6) is 2.54. The summed E-state index contributed by atoms with van der Waals surface area (Å²) >= 11 is 0. The third-order valence-electron chi connectivity index (χ3n) is 13.6. The molecule has 0 unspecified atom stereocenters. The van der Waals surface area contributed by atoms with Crippen LogP contribution in [0, 0.1) is 39.9 Å². The Balaban J connectivity index is 1.29. The van der Waals surface area contributed by atoms with E-state index in [1.54, 1.807) is 11.0 Å². The van der Waals surface area contributed by atoms with Gasteiger partial charge in [0.05, 0.1) is 11.6 Å². The zero-order valence-electron chi connectivity index (χ0n) is 28.4. The Morgan fingerprint density at radius 2 is 1.51 bits per heavy atom. The lowest BCUT2D eigenvalue weighted by Crippen LogP contribution is -2.64. The lowest BCUT2D eigenvalue weighted by atomic mass is 9.48. The number of imide groups is 1. The smallest absolute Gasteiger partial charge is 0.325 e. The second-order valence-electron chi connectivity index (χ2n) is 17.9. The Morgan fingerprint density at radius 1 is 0.837 bits per heavy atom. The monoisotopic (exact) mass is 586 g/mol. The van der Waals surface area contributed by atoms with Gasteiger partial charge in [-0.2, -0.15) is 0 Å². The summed E-state index contributed by atoms with van der Waals surface area (Å²) in [6.07, 6.45) is 16.6. The van der Waals surface area contributed by atoms with Crippen LogP contribution in [0.2, 0.25) is 0 Å². The Hall–Kier alpha value is -2.10. The summed E-state index contributed by atoms with van der Waals surface area (Å²) in [5, 5.41) is 3.58. The van der Waals surface area contributed by atoms with E-state index in [1.807, 2.05) is 0 Å². The van der Waals surface area contributed by atoms with Gasteiger partial charge in [-0.1, -0.05) is 92.2 Å². The van der Waals surface area contributed by atoms with Gasteiger partial charge in [-0.05, 0) is 115 Å². The summed E-state index contributed by atoms with van der Waals surface area (Å²) in [7, 11) is 0. The van der Waals surface area contributed by atoms with Crippen LogP contribution >= 0.6 is 0 Å². The highest BCUT2D eigenvalue weighted by Crippen LogP contribution is 2.64. The first-order valence-corrected chi connectivity index (χ1v) is 17.5. The van der Waals surface area contributed by atoms with Crippen molar-refractivity contribution >= 4 is 11.9 Å². The molecule has 4 aliphatic carbocycles. The summed E-state index contributed by atoms with van der Waals surface area (Å²) in [6, 6.07) is 8.72. The van der Waals surface area contributed by atoms with Crippen LogP contribution in [0.4, 0.5) is 4.79 Å². The zero-order chi connectivity index (χ0) is 31.0. The van der Waals surface area contributed by atoms with Crippen molar-refractivity contribution in [2.24, 2.45) is 39.9 Å². The fraction of sp³-hybridized carbons (Fsp3) is 0.744. The standard InChI is InChI=1S/C39H58N2O2/c1-35(2,3)26-11-13-28(14-12-26)39(24-17-27(18-25-39)36(4,5)6)40-34(43)41-32-16-15-29-30-10-9-21-37(30,7)22-19-31(29)38(32,8)23-20-33(41)42/h11-14,20,23,27,29-32H,9-10,15-19,21-22,24-25H2,1-8H3,(H,40,43)/t27?,29-,30-,31-,32+,37-,38+,39?/m0/s1.